The first-order valence-electron chi connectivity index (χ1n) is 14.0. The molecule has 4 rings (SSSR count). The summed E-state index contributed by atoms with van der Waals surface area (Å²) in [4.78, 5) is 25.2. The number of carbonyl (C=O) groups is 1. The summed E-state index contributed by atoms with van der Waals surface area (Å²) >= 11 is 0. The lowest BCUT2D eigenvalue weighted by atomic mass is 9.83. The lowest BCUT2D eigenvalue weighted by Crippen LogP contribution is -2.56. The highest BCUT2D eigenvalue weighted by Crippen LogP contribution is 2.46. The number of fused-ring (bicyclic) bond motifs is 1. The number of benzene rings is 2. The molecule has 230 valence electrons. The fourth-order valence-electron chi connectivity index (χ4n) is 5.47. The first-order chi connectivity index (χ1) is 20.3. The Balaban J connectivity index is 1.96. The van der Waals surface area contributed by atoms with Gasteiger partial charge in [-0.05, 0) is 49.3 Å². The van der Waals surface area contributed by atoms with E-state index in [-0.39, 0.29) is 47.0 Å². The van der Waals surface area contributed by atoms with E-state index in [0.29, 0.717) is 32.5 Å². The van der Waals surface area contributed by atoms with E-state index < -0.39 is 51.6 Å². The number of carbonyl (C=O) groups excluding carboxylic acids is 1. The highest BCUT2D eigenvalue weighted by Gasteiger charge is 2.39. The summed E-state index contributed by atoms with van der Waals surface area (Å²) in [5.41, 5.74) is 1.47. The Bertz CT molecular complexity index is 1540. The Hall–Kier alpha value is -3.84. The van der Waals surface area contributed by atoms with Gasteiger partial charge in [0.2, 0.25) is 5.91 Å². The third-order valence-electron chi connectivity index (χ3n) is 7.71. The molecule has 43 heavy (non-hydrogen) atoms. The number of aromatic nitrogens is 2. The van der Waals surface area contributed by atoms with Crippen molar-refractivity contribution in [1.82, 2.24) is 14.9 Å². The number of methoxy groups -OCH3 is 1. The molecule has 1 saturated heterocycles. The second-order valence-electron chi connectivity index (χ2n) is 10.3. The minimum atomic E-state index is -5.03. The second-order valence-corrected chi connectivity index (χ2v) is 10.3. The van der Waals surface area contributed by atoms with Crippen LogP contribution in [0.15, 0.2) is 12.1 Å². The first kappa shape index (κ1) is 32.1. The highest BCUT2D eigenvalue weighted by molar-refractivity contribution is 6.23. The number of hydrogen-bond donors (Lipinski definition) is 1. The van der Waals surface area contributed by atoms with Crippen LogP contribution in [0.25, 0.3) is 22.0 Å². The molecule has 1 unspecified atom stereocenters. The number of nitrogens with two attached hydrogens (primary N) is 1. The van der Waals surface area contributed by atoms with Crippen LogP contribution in [0.3, 0.4) is 0 Å². The van der Waals surface area contributed by atoms with Crippen molar-refractivity contribution < 1.29 is 36.2 Å². The van der Waals surface area contributed by atoms with Gasteiger partial charge in [-0.1, -0.05) is 20.3 Å². The van der Waals surface area contributed by atoms with E-state index >= 15 is 4.39 Å². The number of rotatable bonds is 8. The van der Waals surface area contributed by atoms with Gasteiger partial charge in [-0.15, -0.1) is 0 Å². The van der Waals surface area contributed by atoms with Crippen LogP contribution in [-0.4, -0.2) is 68.0 Å². The van der Waals surface area contributed by atoms with E-state index in [0.717, 1.165) is 19.1 Å². The average molecular weight is 605 g/mol. The summed E-state index contributed by atoms with van der Waals surface area (Å²) in [6, 6.07) is 1.41. The maximum atomic E-state index is 16.4. The number of amides is 1. The zero-order chi connectivity index (χ0) is 31.8. The van der Waals surface area contributed by atoms with Crippen molar-refractivity contribution in [3.05, 3.63) is 34.9 Å². The predicted octanol–water partition coefficient (Wildman–Crippen LogP) is 5.69. The lowest BCUT2D eigenvalue weighted by molar-refractivity contribution is -0.137. The number of nitrogen functional groups attached to an aromatic ring is 1. The highest BCUT2D eigenvalue weighted by atomic mass is 19.4. The van der Waals surface area contributed by atoms with Gasteiger partial charge in [-0.25, -0.2) is 8.78 Å². The van der Waals surface area contributed by atoms with Crippen molar-refractivity contribution in [3.8, 4) is 22.9 Å². The molecule has 2 aromatic carbocycles. The number of piperazine rings is 1. The zero-order valence-corrected chi connectivity index (χ0v) is 24.6. The minimum Gasteiger partial charge on any atom is -0.493 e. The third-order valence-corrected chi connectivity index (χ3v) is 7.71. The molecule has 14 heteroatoms. The standard InChI is InChI=1S/C29H33BF5N5O3/c1-6-15-13-39(9-10-40(15)27(41)18(30)7-2)26-21-20(43-8-3)12-17(24(32)25(21)37-28(38-26)42-5)16-11-19(36)23(31)14(4)22(16)29(33,34)35/h11-12,15,18H,6-10,13,36H2,1-5H3/t15-,18?/m0/s1. The van der Waals surface area contributed by atoms with Gasteiger partial charge >= 0.3 is 12.2 Å². The van der Waals surface area contributed by atoms with E-state index in [4.69, 9.17) is 23.1 Å². The van der Waals surface area contributed by atoms with Gasteiger partial charge in [0.05, 0.1) is 38.2 Å². The van der Waals surface area contributed by atoms with Gasteiger partial charge in [-0.2, -0.15) is 23.1 Å². The predicted molar refractivity (Wildman–Crippen MR) is 155 cm³/mol. The van der Waals surface area contributed by atoms with Crippen LogP contribution in [0, 0.1) is 18.6 Å². The molecule has 2 N–H and O–H groups in total. The fourth-order valence-corrected chi connectivity index (χ4v) is 5.47. The van der Waals surface area contributed by atoms with E-state index in [9.17, 15) is 22.4 Å². The molecular formula is C29H33BF5N5O3. The number of nitrogens with zero attached hydrogens (tertiary/aromatic N) is 4. The molecule has 3 aromatic rings. The number of hydrogen-bond acceptors (Lipinski definition) is 7. The molecule has 1 amide bonds. The van der Waals surface area contributed by atoms with Crippen LogP contribution in [0.5, 0.6) is 11.8 Å². The van der Waals surface area contributed by atoms with Gasteiger partial charge in [0.25, 0.3) is 0 Å². The molecule has 2 radical (unpaired) electrons. The maximum absolute atomic E-state index is 16.4. The molecule has 2 atom stereocenters. The number of alkyl halides is 3. The van der Waals surface area contributed by atoms with Crippen molar-refractivity contribution in [2.75, 3.05) is 44.0 Å². The van der Waals surface area contributed by atoms with Crippen LogP contribution >= 0.6 is 0 Å². The maximum Gasteiger partial charge on any atom is 0.417 e. The Morgan fingerprint density at radius 3 is 2.42 bits per heavy atom. The van der Waals surface area contributed by atoms with Crippen molar-refractivity contribution in [1.29, 1.82) is 0 Å². The van der Waals surface area contributed by atoms with Crippen molar-refractivity contribution in [3.63, 3.8) is 0 Å². The van der Waals surface area contributed by atoms with Crippen molar-refractivity contribution >= 4 is 36.2 Å². The van der Waals surface area contributed by atoms with Crippen molar-refractivity contribution in [2.45, 2.75) is 58.6 Å². The third kappa shape index (κ3) is 5.88. The van der Waals surface area contributed by atoms with Gasteiger partial charge in [-0.3, -0.25) is 4.79 Å². The molecule has 0 saturated carbocycles. The minimum absolute atomic E-state index is 0.0137. The first-order valence-corrected chi connectivity index (χ1v) is 14.0. The molecule has 1 fully saturated rings. The summed E-state index contributed by atoms with van der Waals surface area (Å²) in [5.74, 6) is -2.92. The Morgan fingerprint density at radius 2 is 1.84 bits per heavy atom. The second kappa shape index (κ2) is 12.4. The van der Waals surface area contributed by atoms with E-state index in [1.165, 1.54) is 7.11 Å². The number of ether oxygens (including phenoxy) is 2. The lowest BCUT2D eigenvalue weighted by Gasteiger charge is -2.43. The van der Waals surface area contributed by atoms with Crippen LogP contribution < -0.4 is 20.1 Å². The number of anilines is 2. The molecule has 0 bridgehead atoms. The average Bonchev–Trinajstić information content (AvgIpc) is 2.98. The Labute approximate surface area is 247 Å². The van der Waals surface area contributed by atoms with Gasteiger partial charge in [0, 0.05) is 31.2 Å². The summed E-state index contributed by atoms with van der Waals surface area (Å²) < 4.78 is 84.6. The van der Waals surface area contributed by atoms with Gasteiger partial charge in [0.15, 0.2) is 5.82 Å². The van der Waals surface area contributed by atoms with Crippen LogP contribution in [0.1, 0.15) is 44.7 Å². The SMILES string of the molecule is [B]C(CC)C(=O)N1CCN(c2nc(OC)nc3c(F)c(-c4cc(N)c(F)c(C)c4C(F)(F)F)cc(OCC)c23)C[C@@H]1CC. The van der Waals surface area contributed by atoms with Crippen LogP contribution in [-0.2, 0) is 11.0 Å². The van der Waals surface area contributed by atoms with Gasteiger partial charge in [0.1, 0.15) is 22.9 Å². The van der Waals surface area contributed by atoms with E-state index in [2.05, 4.69) is 9.97 Å². The molecule has 8 nitrogen and oxygen atoms in total. The molecular weight excluding hydrogens is 572 g/mol. The van der Waals surface area contributed by atoms with E-state index in [1.54, 1.807) is 11.8 Å². The molecule has 2 heterocycles. The summed E-state index contributed by atoms with van der Waals surface area (Å²) in [6.45, 7) is 7.36. The molecule has 1 aliphatic heterocycles. The quantitative estimate of drug-likeness (QED) is 0.201. The summed E-state index contributed by atoms with van der Waals surface area (Å²) in [6.07, 6.45) is -3.94. The number of halogens is 5. The molecule has 1 aliphatic rings. The van der Waals surface area contributed by atoms with E-state index in [1.807, 2.05) is 18.7 Å². The fraction of sp³-hybridized carbons (Fsp3) is 0.483. The summed E-state index contributed by atoms with van der Waals surface area (Å²) in [7, 11) is 7.30. The largest absolute Gasteiger partial charge is 0.493 e. The van der Waals surface area contributed by atoms with Crippen LogP contribution in [0.4, 0.5) is 33.5 Å². The molecule has 1 aromatic heterocycles. The van der Waals surface area contributed by atoms with Crippen LogP contribution in [0.2, 0.25) is 5.82 Å². The summed E-state index contributed by atoms with van der Waals surface area (Å²) in [5, 5.41) is 0.115. The molecule has 0 aliphatic carbocycles. The topological polar surface area (TPSA) is 93.8 Å². The Morgan fingerprint density at radius 1 is 1.14 bits per heavy atom. The Kier molecular flexibility index (Phi) is 9.26. The van der Waals surface area contributed by atoms with Crippen molar-refractivity contribution in [2.24, 2.45) is 0 Å². The normalized spacial score (nSPS) is 16.5. The smallest absolute Gasteiger partial charge is 0.417 e. The zero-order valence-electron chi connectivity index (χ0n) is 24.6. The van der Waals surface area contributed by atoms with Gasteiger partial charge < -0.3 is 25.0 Å². The monoisotopic (exact) mass is 605 g/mol. The molecule has 0 spiro atoms.